The second kappa shape index (κ2) is 5.84. The van der Waals surface area contributed by atoms with Crippen molar-refractivity contribution in [3.8, 4) is 5.75 Å². The molecule has 0 aromatic heterocycles. The first-order valence-corrected chi connectivity index (χ1v) is 6.32. The third kappa shape index (κ3) is 2.86. The van der Waals surface area contributed by atoms with E-state index in [9.17, 15) is 9.90 Å². The number of anilines is 2. The Labute approximate surface area is 122 Å². The summed E-state index contributed by atoms with van der Waals surface area (Å²) in [6, 6.07) is 11.8. The van der Waals surface area contributed by atoms with E-state index in [2.05, 4.69) is 0 Å². The molecule has 20 heavy (non-hydrogen) atoms. The molecule has 0 heterocycles. The third-order valence-corrected chi connectivity index (χ3v) is 3.06. The van der Waals surface area contributed by atoms with E-state index in [0.717, 1.165) is 10.5 Å². The zero-order valence-corrected chi connectivity index (χ0v) is 11.8. The van der Waals surface area contributed by atoms with Gasteiger partial charge in [0.25, 0.3) is 0 Å². The van der Waals surface area contributed by atoms with Gasteiger partial charge in [-0.25, -0.2) is 0 Å². The second-order valence-electron chi connectivity index (χ2n) is 4.26. The summed E-state index contributed by atoms with van der Waals surface area (Å²) < 4.78 is 5.24. The Bertz CT molecular complexity index is 643. The monoisotopic (exact) mass is 290 g/mol. The van der Waals surface area contributed by atoms with Gasteiger partial charge in [0.1, 0.15) is 11.8 Å². The van der Waals surface area contributed by atoms with E-state index < -0.39 is 6.09 Å². The van der Waals surface area contributed by atoms with Gasteiger partial charge in [-0.1, -0.05) is 23.7 Å². The number of methoxy groups -OCH3 is 1. The maximum atomic E-state index is 11.5. The predicted molar refractivity (Wildman–Crippen MR) is 76.7 cm³/mol. The molecule has 2 rings (SSSR count). The van der Waals surface area contributed by atoms with Crippen LogP contribution >= 0.6 is 11.6 Å². The summed E-state index contributed by atoms with van der Waals surface area (Å²) in [5, 5.41) is 11.9. The molecule has 0 aliphatic carbocycles. The summed E-state index contributed by atoms with van der Waals surface area (Å²) in [5.41, 5.74) is 1.76. The van der Waals surface area contributed by atoms with Crippen molar-refractivity contribution in [2.75, 3.05) is 12.0 Å². The number of aryl methyl sites for hydroxylation is 1. The summed E-state index contributed by atoms with van der Waals surface area (Å²) in [5.74, 6) is 0.453. The quantitative estimate of drug-likeness (QED) is 0.872. The van der Waals surface area contributed by atoms with E-state index in [1.54, 1.807) is 42.5 Å². The van der Waals surface area contributed by atoms with E-state index in [-0.39, 0.29) is 0 Å². The van der Waals surface area contributed by atoms with Crippen LogP contribution in [0.5, 0.6) is 5.75 Å². The number of carbonyl (C=O) groups is 1. The number of amides is 1. The number of hydrogen-bond acceptors (Lipinski definition) is 3. The lowest BCUT2D eigenvalue weighted by molar-refractivity contribution is -0.245. The molecule has 5 heteroatoms. The van der Waals surface area contributed by atoms with Gasteiger partial charge in [0.05, 0.1) is 12.8 Å². The van der Waals surface area contributed by atoms with Crippen LogP contribution in [0.3, 0.4) is 0 Å². The van der Waals surface area contributed by atoms with E-state index in [4.69, 9.17) is 16.3 Å². The van der Waals surface area contributed by atoms with E-state index in [1.807, 2.05) is 6.92 Å². The molecule has 0 N–H and O–H groups in total. The van der Waals surface area contributed by atoms with Gasteiger partial charge >= 0.3 is 0 Å². The summed E-state index contributed by atoms with van der Waals surface area (Å²) >= 11 is 5.91. The van der Waals surface area contributed by atoms with Crippen molar-refractivity contribution in [1.82, 2.24) is 0 Å². The lowest BCUT2D eigenvalue weighted by Crippen LogP contribution is -2.38. The minimum Gasteiger partial charge on any atom is -0.529 e. The fourth-order valence-corrected chi connectivity index (χ4v) is 2.11. The van der Waals surface area contributed by atoms with Crippen molar-refractivity contribution < 1.29 is 14.6 Å². The average molecular weight is 291 g/mol. The molecule has 4 nitrogen and oxygen atoms in total. The largest absolute Gasteiger partial charge is 0.529 e. The molecule has 0 aliphatic heterocycles. The van der Waals surface area contributed by atoms with Crippen LogP contribution in [0.4, 0.5) is 16.2 Å². The predicted octanol–water partition coefficient (Wildman–Crippen LogP) is 3.14. The van der Waals surface area contributed by atoms with Crippen LogP contribution < -0.4 is 14.7 Å². The number of halogens is 1. The molecule has 0 fully saturated rings. The number of nitrogens with zero attached hydrogens (tertiary/aromatic N) is 1. The van der Waals surface area contributed by atoms with Crippen LogP contribution in [-0.4, -0.2) is 13.2 Å². The molecule has 0 saturated heterocycles. The molecular weight excluding hydrogens is 278 g/mol. The van der Waals surface area contributed by atoms with E-state index in [0.29, 0.717) is 22.1 Å². The van der Waals surface area contributed by atoms with Crippen molar-refractivity contribution >= 4 is 29.1 Å². The van der Waals surface area contributed by atoms with Gasteiger partial charge in [0.15, 0.2) is 0 Å². The van der Waals surface area contributed by atoms with Gasteiger partial charge in [-0.3, -0.25) is 4.90 Å². The smallest absolute Gasteiger partial charge is 0.146 e. The van der Waals surface area contributed by atoms with E-state index in [1.165, 1.54) is 7.11 Å². The van der Waals surface area contributed by atoms with Crippen LogP contribution in [0.2, 0.25) is 5.02 Å². The molecule has 1 amide bonds. The molecule has 0 saturated carbocycles. The Morgan fingerprint density at radius 1 is 1.25 bits per heavy atom. The highest BCUT2D eigenvalue weighted by molar-refractivity contribution is 6.31. The minimum atomic E-state index is -1.35. The lowest BCUT2D eigenvalue weighted by Gasteiger charge is -2.27. The lowest BCUT2D eigenvalue weighted by atomic mass is 10.2. The van der Waals surface area contributed by atoms with Gasteiger partial charge in [0, 0.05) is 10.7 Å². The van der Waals surface area contributed by atoms with Crippen molar-refractivity contribution in [2.24, 2.45) is 0 Å². The highest BCUT2D eigenvalue weighted by Crippen LogP contribution is 2.35. The number of carboxylic acid groups (broad SMARTS) is 1. The van der Waals surface area contributed by atoms with Gasteiger partial charge < -0.3 is 14.6 Å². The molecule has 0 radical (unpaired) electrons. The Morgan fingerprint density at radius 3 is 2.60 bits per heavy atom. The normalized spacial score (nSPS) is 10.2. The minimum absolute atomic E-state index is 0.389. The zero-order valence-electron chi connectivity index (χ0n) is 11.1. The van der Waals surface area contributed by atoms with Crippen LogP contribution in [-0.2, 0) is 0 Å². The van der Waals surface area contributed by atoms with Gasteiger partial charge in [-0.15, -0.1) is 0 Å². The molecular formula is C15H13ClNO3-. The van der Waals surface area contributed by atoms with E-state index >= 15 is 0 Å². The number of rotatable bonds is 3. The molecule has 0 aliphatic rings. The summed E-state index contributed by atoms with van der Waals surface area (Å²) in [6.07, 6.45) is -1.35. The van der Waals surface area contributed by atoms with Gasteiger partial charge in [0.2, 0.25) is 0 Å². The number of hydrogen-bond donors (Lipinski definition) is 0. The molecule has 0 unspecified atom stereocenters. The summed E-state index contributed by atoms with van der Waals surface area (Å²) in [4.78, 5) is 12.5. The zero-order chi connectivity index (χ0) is 14.7. The maximum Gasteiger partial charge on any atom is 0.146 e. The highest BCUT2D eigenvalue weighted by Gasteiger charge is 2.15. The Balaban J connectivity index is 2.57. The van der Waals surface area contributed by atoms with Crippen LogP contribution in [0.15, 0.2) is 42.5 Å². The Kier molecular flexibility index (Phi) is 4.15. The van der Waals surface area contributed by atoms with Gasteiger partial charge in [-0.2, -0.15) is 0 Å². The molecule has 2 aromatic rings. The molecule has 0 atom stereocenters. The first-order chi connectivity index (χ1) is 9.52. The van der Waals surface area contributed by atoms with Crippen LogP contribution in [0.1, 0.15) is 5.56 Å². The Hall–Kier alpha value is -2.20. The van der Waals surface area contributed by atoms with Crippen molar-refractivity contribution in [3.05, 3.63) is 53.1 Å². The fraction of sp³-hybridized carbons (Fsp3) is 0.133. The fourth-order valence-electron chi connectivity index (χ4n) is 1.93. The SMILES string of the molecule is COc1cc(C)ccc1N(C(=O)[O-])c1cccc(Cl)c1. The maximum absolute atomic E-state index is 11.5. The standard InChI is InChI=1S/C15H14ClNO3/c1-10-6-7-13(14(8-10)20-2)17(15(18)19)12-5-3-4-11(16)9-12/h3-9H,1-2H3,(H,18,19)/p-1. The van der Waals surface area contributed by atoms with Gasteiger partial charge in [-0.05, 0) is 42.8 Å². The van der Waals surface area contributed by atoms with Crippen molar-refractivity contribution in [3.63, 3.8) is 0 Å². The van der Waals surface area contributed by atoms with Crippen LogP contribution in [0, 0.1) is 6.92 Å². The first-order valence-electron chi connectivity index (χ1n) is 5.94. The van der Waals surface area contributed by atoms with Crippen molar-refractivity contribution in [1.29, 1.82) is 0 Å². The summed E-state index contributed by atoms with van der Waals surface area (Å²) in [7, 11) is 1.49. The number of benzene rings is 2. The summed E-state index contributed by atoms with van der Waals surface area (Å²) in [6.45, 7) is 1.90. The number of carbonyl (C=O) groups excluding carboxylic acids is 1. The topological polar surface area (TPSA) is 52.6 Å². The Morgan fingerprint density at radius 2 is 2.00 bits per heavy atom. The number of ether oxygens (including phenoxy) is 1. The third-order valence-electron chi connectivity index (χ3n) is 2.83. The molecule has 104 valence electrons. The van der Waals surface area contributed by atoms with Crippen molar-refractivity contribution in [2.45, 2.75) is 6.92 Å². The molecule has 2 aromatic carbocycles. The molecule has 0 spiro atoms. The van der Waals surface area contributed by atoms with Crippen LogP contribution in [0.25, 0.3) is 0 Å². The second-order valence-corrected chi connectivity index (χ2v) is 4.69. The average Bonchev–Trinajstić information content (AvgIpc) is 2.40. The molecule has 0 bridgehead atoms. The first kappa shape index (κ1) is 14.2. The highest BCUT2D eigenvalue weighted by atomic mass is 35.5.